The molecule has 0 radical (unpaired) electrons. The number of carbonyl (C=O) groups excluding carboxylic acids is 1. The zero-order chi connectivity index (χ0) is 17.6. The number of hydrogen-bond donors (Lipinski definition) is 1. The van der Waals surface area contributed by atoms with Crippen LogP contribution in [0.4, 0.5) is 0 Å². The first-order valence-electron chi connectivity index (χ1n) is 9.28. The van der Waals surface area contributed by atoms with Crippen LogP contribution in [0, 0.1) is 0 Å². The number of amides is 1. The van der Waals surface area contributed by atoms with E-state index >= 15 is 0 Å². The van der Waals surface area contributed by atoms with Crippen molar-refractivity contribution >= 4 is 5.91 Å². The molecular weight excluding hydrogens is 312 g/mol. The summed E-state index contributed by atoms with van der Waals surface area (Å²) in [5, 5.41) is 7.84. The normalized spacial score (nSPS) is 17.7. The van der Waals surface area contributed by atoms with E-state index in [1.54, 1.807) is 6.20 Å². The van der Waals surface area contributed by atoms with Crippen LogP contribution in [0.15, 0.2) is 36.5 Å². The van der Waals surface area contributed by atoms with Crippen molar-refractivity contribution in [2.75, 3.05) is 20.1 Å². The average Bonchev–Trinajstić information content (AvgIpc) is 3.05. The molecule has 1 aromatic heterocycles. The van der Waals surface area contributed by atoms with Gasteiger partial charge >= 0.3 is 0 Å². The Labute approximate surface area is 150 Å². The second-order valence-corrected chi connectivity index (χ2v) is 6.78. The SMILES string of the molecule is CCCc1c(C(=O)N2CCCC(NC)C2)cnn1Cc1ccccc1. The standard InChI is InChI=1S/C20H28N4O/c1-3-8-19-18(20(25)23-12-7-11-17(15-23)21-2)13-22-24(19)14-16-9-5-4-6-10-16/h4-6,9-10,13,17,21H,3,7-8,11-12,14-15H2,1-2H3. The molecule has 1 amide bonds. The molecular formula is C20H28N4O. The lowest BCUT2D eigenvalue weighted by Gasteiger charge is -2.32. The van der Waals surface area contributed by atoms with Crippen LogP contribution in [0.3, 0.4) is 0 Å². The Kier molecular flexibility index (Phi) is 5.87. The van der Waals surface area contributed by atoms with Gasteiger partial charge in [-0.25, -0.2) is 0 Å². The molecule has 1 N–H and O–H groups in total. The summed E-state index contributed by atoms with van der Waals surface area (Å²) in [7, 11) is 1.97. The van der Waals surface area contributed by atoms with Crippen molar-refractivity contribution < 1.29 is 4.79 Å². The predicted molar refractivity (Wildman–Crippen MR) is 99.8 cm³/mol. The van der Waals surface area contributed by atoms with Gasteiger partial charge in [0.15, 0.2) is 0 Å². The van der Waals surface area contributed by atoms with Gasteiger partial charge in [-0.1, -0.05) is 43.7 Å². The lowest BCUT2D eigenvalue weighted by Crippen LogP contribution is -2.47. The molecule has 0 bridgehead atoms. The number of nitrogens with zero attached hydrogens (tertiary/aromatic N) is 3. The summed E-state index contributed by atoms with van der Waals surface area (Å²) < 4.78 is 1.99. The summed E-state index contributed by atoms with van der Waals surface area (Å²) in [4.78, 5) is 15.0. The van der Waals surface area contributed by atoms with E-state index in [2.05, 4.69) is 29.5 Å². The maximum Gasteiger partial charge on any atom is 0.257 e. The summed E-state index contributed by atoms with van der Waals surface area (Å²) >= 11 is 0. The van der Waals surface area contributed by atoms with Gasteiger partial charge in [0.2, 0.25) is 0 Å². The fourth-order valence-electron chi connectivity index (χ4n) is 3.55. The van der Waals surface area contributed by atoms with E-state index in [9.17, 15) is 4.79 Å². The predicted octanol–water partition coefficient (Wildman–Crippen LogP) is 2.71. The second-order valence-electron chi connectivity index (χ2n) is 6.78. The maximum atomic E-state index is 13.1. The summed E-state index contributed by atoms with van der Waals surface area (Å²) in [6.45, 7) is 4.48. The number of rotatable bonds is 6. The molecule has 0 saturated carbocycles. The molecule has 1 aliphatic heterocycles. The number of nitrogens with one attached hydrogen (secondary N) is 1. The van der Waals surface area contributed by atoms with Crippen molar-refractivity contribution in [2.45, 2.75) is 45.2 Å². The minimum absolute atomic E-state index is 0.128. The number of benzene rings is 1. The van der Waals surface area contributed by atoms with E-state index in [1.807, 2.05) is 34.8 Å². The van der Waals surface area contributed by atoms with E-state index in [0.29, 0.717) is 12.6 Å². The first-order chi connectivity index (χ1) is 12.2. The molecule has 25 heavy (non-hydrogen) atoms. The van der Waals surface area contributed by atoms with Gasteiger partial charge in [0.05, 0.1) is 24.0 Å². The summed E-state index contributed by atoms with van der Waals surface area (Å²) in [5.74, 6) is 0.128. The third-order valence-corrected chi connectivity index (χ3v) is 4.96. The van der Waals surface area contributed by atoms with Gasteiger partial charge in [-0.3, -0.25) is 9.48 Å². The highest BCUT2D eigenvalue weighted by Crippen LogP contribution is 2.19. The Bertz CT molecular complexity index is 695. The van der Waals surface area contributed by atoms with E-state index in [0.717, 1.165) is 50.0 Å². The molecule has 1 aromatic carbocycles. The number of likely N-dealkylation sites (N-methyl/N-ethyl adjacent to an activating group) is 1. The highest BCUT2D eigenvalue weighted by atomic mass is 16.2. The molecule has 3 rings (SSSR count). The number of hydrogen-bond acceptors (Lipinski definition) is 3. The summed E-state index contributed by atoms with van der Waals surface area (Å²) in [6, 6.07) is 10.7. The van der Waals surface area contributed by atoms with Crippen molar-refractivity contribution in [1.29, 1.82) is 0 Å². The Balaban J connectivity index is 1.82. The van der Waals surface area contributed by atoms with Crippen LogP contribution < -0.4 is 5.32 Å². The smallest absolute Gasteiger partial charge is 0.257 e. The van der Waals surface area contributed by atoms with Crippen LogP contribution in [-0.4, -0.2) is 46.8 Å². The molecule has 2 aromatic rings. The molecule has 5 heteroatoms. The molecule has 134 valence electrons. The van der Waals surface area contributed by atoms with Gasteiger partial charge in [0, 0.05) is 19.1 Å². The van der Waals surface area contributed by atoms with Crippen molar-refractivity contribution in [3.8, 4) is 0 Å². The molecule has 2 heterocycles. The minimum Gasteiger partial charge on any atom is -0.337 e. The Morgan fingerprint density at radius 3 is 2.84 bits per heavy atom. The van der Waals surface area contributed by atoms with Crippen LogP contribution in [0.1, 0.15) is 47.8 Å². The Morgan fingerprint density at radius 1 is 1.32 bits per heavy atom. The van der Waals surface area contributed by atoms with Gasteiger partial charge < -0.3 is 10.2 Å². The van der Waals surface area contributed by atoms with Crippen LogP contribution in [0.2, 0.25) is 0 Å². The van der Waals surface area contributed by atoms with Crippen molar-refractivity contribution in [3.63, 3.8) is 0 Å². The van der Waals surface area contributed by atoms with Crippen LogP contribution in [-0.2, 0) is 13.0 Å². The van der Waals surface area contributed by atoms with Crippen LogP contribution in [0.5, 0.6) is 0 Å². The lowest BCUT2D eigenvalue weighted by atomic mass is 10.0. The second kappa shape index (κ2) is 8.30. The lowest BCUT2D eigenvalue weighted by molar-refractivity contribution is 0.0697. The monoisotopic (exact) mass is 340 g/mol. The van der Waals surface area contributed by atoms with E-state index in [-0.39, 0.29) is 5.91 Å². The van der Waals surface area contributed by atoms with Crippen LogP contribution >= 0.6 is 0 Å². The molecule has 1 saturated heterocycles. The van der Waals surface area contributed by atoms with Crippen LogP contribution in [0.25, 0.3) is 0 Å². The maximum absolute atomic E-state index is 13.1. The molecule has 1 fully saturated rings. The minimum atomic E-state index is 0.128. The van der Waals surface area contributed by atoms with Gasteiger partial charge in [0.25, 0.3) is 5.91 Å². The molecule has 1 aliphatic rings. The van der Waals surface area contributed by atoms with Gasteiger partial charge in [-0.05, 0) is 31.9 Å². The fraction of sp³-hybridized carbons (Fsp3) is 0.500. The largest absolute Gasteiger partial charge is 0.337 e. The van der Waals surface area contributed by atoms with Gasteiger partial charge in [-0.2, -0.15) is 5.10 Å². The first kappa shape index (κ1) is 17.7. The van der Waals surface area contributed by atoms with E-state index < -0.39 is 0 Å². The molecule has 1 atom stereocenters. The zero-order valence-electron chi connectivity index (χ0n) is 15.2. The summed E-state index contributed by atoms with van der Waals surface area (Å²) in [5.41, 5.74) is 3.03. The van der Waals surface area contributed by atoms with Crippen molar-refractivity contribution in [2.24, 2.45) is 0 Å². The highest BCUT2D eigenvalue weighted by Gasteiger charge is 2.26. The zero-order valence-corrected chi connectivity index (χ0v) is 15.2. The fourth-order valence-corrected chi connectivity index (χ4v) is 3.55. The van der Waals surface area contributed by atoms with Crippen molar-refractivity contribution in [3.05, 3.63) is 53.3 Å². The van der Waals surface area contributed by atoms with Gasteiger partial charge in [0.1, 0.15) is 0 Å². The first-order valence-corrected chi connectivity index (χ1v) is 9.28. The highest BCUT2D eigenvalue weighted by molar-refractivity contribution is 5.95. The average molecular weight is 340 g/mol. The Hall–Kier alpha value is -2.14. The quantitative estimate of drug-likeness (QED) is 0.880. The number of aromatic nitrogens is 2. The molecule has 0 spiro atoms. The number of likely N-dealkylation sites (tertiary alicyclic amines) is 1. The molecule has 0 aliphatic carbocycles. The molecule has 5 nitrogen and oxygen atoms in total. The van der Waals surface area contributed by atoms with E-state index in [1.165, 1.54) is 5.56 Å². The third-order valence-electron chi connectivity index (χ3n) is 4.96. The van der Waals surface area contributed by atoms with Crippen molar-refractivity contribution in [1.82, 2.24) is 20.0 Å². The third kappa shape index (κ3) is 4.10. The summed E-state index contributed by atoms with van der Waals surface area (Å²) in [6.07, 6.45) is 5.82. The Morgan fingerprint density at radius 2 is 2.12 bits per heavy atom. The van der Waals surface area contributed by atoms with E-state index in [4.69, 9.17) is 0 Å². The molecule has 1 unspecified atom stereocenters. The topological polar surface area (TPSA) is 50.2 Å². The number of carbonyl (C=O) groups is 1. The number of piperidine rings is 1. The van der Waals surface area contributed by atoms with Gasteiger partial charge in [-0.15, -0.1) is 0 Å².